The molecule has 0 saturated carbocycles. The normalized spacial score (nSPS) is 11.1. The van der Waals surface area contributed by atoms with Crippen LogP contribution in [0.1, 0.15) is 10.4 Å². The lowest BCUT2D eigenvalue weighted by Gasteiger charge is -2.08. The van der Waals surface area contributed by atoms with Crippen LogP contribution in [0.2, 0.25) is 0 Å². The molecule has 146 valence electrons. The van der Waals surface area contributed by atoms with Gasteiger partial charge in [-0.3, -0.25) is 4.79 Å². The Morgan fingerprint density at radius 2 is 1.66 bits per heavy atom. The highest BCUT2D eigenvalue weighted by Crippen LogP contribution is 2.34. The lowest BCUT2D eigenvalue weighted by molar-refractivity contribution is 0.100. The number of nitrogens with one attached hydrogen (secondary N) is 2. The number of carbonyl (C=O) groups is 1. The Kier molecular flexibility index (Phi) is 5.05. The van der Waals surface area contributed by atoms with Gasteiger partial charge >= 0.3 is 0 Å². The molecular weight excluding hydrogens is 386 g/mol. The third-order valence-electron chi connectivity index (χ3n) is 4.77. The molecule has 4 N–H and O–H groups in total. The smallest absolute Gasteiger partial charge is 0.250 e. The fraction of sp³-hybridized carbons (Fsp3) is 0.0455. The fourth-order valence-corrected chi connectivity index (χ4v) is 3.70. The van der Waals surface area contributed by atoms with E-state index in [1.165, 1.54) is 0 Å². The van der Waals surface area contributed by atoms with Gasteiger partial charge in [0.1, 0.15) is 5.88 Å². The molecule has 0 atom stereocenters. The van der Waals surface area contributed by atoms with Gasteiger partial charge in [0.2, 0.25) is 0 Å². The maximum absolute atomic E-state index is 12.1. The van der Waals surface area contributed by atoms with Crippen LogP contribution in [0.15, 0.2) is 72.9 Å². The highest BCUT2D eigenvalue weighted by Gasteiger charge is 2.15. The molecule has 0 fully saturated rings. The lowest BCUT2D eigenvalue weighted by atomic mass is 9.96. The lowest BCUT2D eigenvalue weighted by Crippen LogP contribution is -2.11. The van der Waals surface area contributed by atoms with E-state index in [2.05, 4.69) is 10.3 Å². The molecule has 0 unspecified atom stereocenters. The summed E-state index contributed by atoms with van der Waals surface area (Å²) in [5, 5.41) is 3.74. The molecule has 6 nitrogen and oxygen atoms in total. The summed E-state index contributed by atoms with van der Waals surface area (Å²) >= 11 is 0. The number of aromatic amines is 1. The molecule has 4 rings (SSSR count). The first-order valence-electron chi connectivity index (χ1n) is 8.99. The van der Waals surface area contributed by atoms with Gasteiger partial charge in [0.15, 0.2) is 10.7 Å². The Hall–Kier alpha value is -3.58. The van der Waals surface area contributed by atoms with Gasteiger partial charge in [-0.15, -0.1) is 0 Å². The number of amides is 1. The molecule has 4 aromatic rings. The molecule has 0 aliphatic heterocycles. The van der Waals surface area contributed by atoms with E-state index in [-0.39, 0.29) is 5.88 Å². The monoisotopic (exact) mass is 405 g/mol. The van der Waals surface area contributed by atoms with Crippen molar-refractivity contribution in [1.82, 2.24) is 4.98 Å². The minimum atomic E-state index is -2.49. The van der Waals surface area contributed by atoms with E-state index in [1.54, 1.807) is 6.07 Å². The molecule has 1 heterocycles. The van der Waals surface area contributed by atoms with E-state index in [9.17, 15) is 13.2 Å². The number of fused-ring (bicyclic) bond motifs is 1. The van der Waals surface area contributed by atoms with Crippen molar-refractivity contribution in [2.24, 2.45) is 5.73 Å². The molecule has 0 bridgehead atoms. The number of thiol groups is 1. The van der Waals surface area contributed by atoms with Gasteiger partial charge in [-0.25, -0.2) is 8.42 Å². The summed E-state index contributed by atoms with van der Waals surface area (Å²) in [5.74, 6) is -0.600. The van der Waals surface area contributed by atoms with E-state index in [1.807, 2.05) is 66.9 Å². The first kappa shape index (κ1) is 18.8. The summed E-state index contributed by atoms with van der Waals surface area (Å²) < 4.78 is 21.5. The average molecular weight is 405 g/mol. The number of nitrogens with two attached hydrogens (primary N) is 1. The zero-order valence-corrected chi connectivity index (χ0v) is 16.3. The number of H-pyrrole nitrogens is 1. The number of anilines is 1. The number of carbonyl (C=O) groups excluding carboxylic acids is 1. The van der Waals surface area contributed by atoms with Gasteiger partial charge < -0.3 is 16.0 Å². The SMILES string of the molecule is NC(=O)c1cc(-c2ccccc2)cc2c(-c3ccc(NC[SH](=O)=O)cc3)c[nH]c12. The van der Waals surface area contributed by atoms with Gasteiger partial charge in [-0.1, -0.05) is 42.5 Å². The van der Waals surface area contributed by atoms with E-state index in [0.29, 0.717) is 11.1 Å². The van der Waals surface area contributed by atoms with Crippen LogP contribution in [0.25, 0.3) is 33.2 Å². The van der Waals surface area contributed by atoms with Crippen LogP contribution in [-0.2, 0) is 10.7 Å². The van der Waals surface area contributed by atoms with Crippen molar-refractivity contribution in [3.05, 3.63) is 78.5 Å². The minimum absolute atomic E-state index is 0.107. The van der Waals surface area contributed by atoms with Gasteiger partial charge in [0, 0.05) is 22.8 Å². The molecular formula is C22H19N3O3S. The largest absolute Gasteiger partial charge is 0.372 e. The Bertz CT molecular complexity index is 1250. The van der Waals surface area contributed by atoms with Gasteiger partial charge in [-0.2, -0.15) is 0 Å². The van der Waals surface area contributed by atoms with Crippen LogP contribution < -0.4 is 11.1 Å². The van der Waals surface area contributed by atoms with Crippen molar-refractivity contribution in [2.75, 3.05) is 11.2 Å². The Balaban J connectivity index is 1.81. The first-order valence-corrected chi connectivity index (χ1v) is 10.4. The maximum Gasteiger partial charge on any atom is 0.250 e. The van der Waals surface area contributed by atoms with Gasteiger partial charge in [-0.05, 0) is 41.0 Å². The second-order valence-electron chi connectivity index (χ2n) is 6.62. The second-order valence-corrected chi connectivity index (χ2v) is 7.61. The highest BCUT2D eigenvalue weighted by molar-refractivity contribution is 7.72. The molecule has 7 heteroatoms. The highest BCUT2D eigenvalue weighted by atomic mass is 32.2. The topological polar surface area (TPSA) is 105 Å². The molecule has 0 spiro atoms. The third-order valence-corrected chi connectivity index (χ3v) is 5.19. The molecule has 0 aliphatic rings. The van der Waals surface area contributed by atoms with E-state index < -0.39 is 16.6 Å². The Morgan fingerprint density at radius 1 is 0.931 bits per heavy atom. The van der Waals surface area contributed by atoms with Gasteiger partial charge in [0.05, 0.1) is 11.1 Å². The standard InChI is InChI=1S/C22H19N3O3S/c23-22(26)19-11-16(14-4-2-1-3-5-14)10-18-20(12-24-21(18)19)15-6-8-17(9-7-15)25-13-29(27)28/h1-12,24-25,29H,13H2,(H2,23,26). The van der Waals surface area contributed by atoms with Crippen molar-refractivity contribution < 1.29 is 13.2 Å². The van der Waals surface area contributed by atoms with Crippen LogP contribution in [-0.4, -0.2) is 25.2 Å². The molecule has 3 aromatic carbocycles. The van der Waals surface area contributed by atoms with Crippen molar-refractivity contribution in [3.8, 4) is 22.3 Å². The zero-order valence-electron chi connectivity index (χ0n) is 15.4. The summed E-state index contributed by atoms with van der Waals surface area (Å²) in [4.78, 5) is 15.2. The number of hydrogen-bond acceptors (Lipinski definition) is 4. The number of aromatic nitrogens is 1. The molecule has 0 aliphatic carbocycles. The minimum Gasteiger partial charge on any atom is -0.372 e. The van der Waals surface area contributed by atoms with E-state index >= 15 is 0 Å². The predicted molar refractivity (Wildman–Crippen MR) is 116 cm³/mol. The van der Waals surface area contributed by atoms with Crippen LogP contribution in [0.3, 0.4) is 0 Å². The van der Waals surface area contributed by atoms with Crippen molar-refractivity contribution >= 4 is 33.2 Å². The van der Waals surface area contributed by atoms with Crippen LogP contribution in [0, 0.1) is 0 Å². The number of hydrogen-bond donors (Lipinski definition) is 4. The van der Waals surface area contributed by atoms with Gasteiger partial charge in [0.25, 0.3) is 5.91 Å². The van der Waals surface area contributed by atoms with Crippen molar-refractivity contribution in [2.45, 2.75) is 0 Å². The van der Waals surface area contributed by atoms with Crippen LogP contribution >= 0.6 is 0 Å². The summed E-state index contributed by atoms with van der Waals surface area (Å²) in [6, 6.07) is 21.1. The maximum atomic E-state index is 12.1. The number of rotatable bonds is 6. The zero-order chi connectivity index (χ0) is 20.4. The third kappa shape index (κ3) is 3.86. The Labute approximate surface area is 169 Å². The quantitative estimate of drug-likeness (QED) is 0.368. The summed E-state index contributed by atoms with van der Waals surface area (Å²) in [7, 11) is -2.49. The van der Waals surface area contributed by atoms with Crippen LogP contribution in [0.5, 0.6) is 0 Å². The van der Waals surface area contributed by atoms with E-state index in [0.717, 1.165) is 33.3 Å². The molecule has 1 aromatic heterocycles. The molecule has 0 saturated heterocycles. The summed E-state index contributed by atoms with van der Waals surface area (Å²) in [6.45, 7) is 0. The number of benzene rings is 3. The second kappa shape index (κ2) is 7.81. The average Bonchev–Trinajstić information content (AvgIpc) is 3.16. The van der Waals surface area contributed by atoms with Crippen LogP contribution in [0.4, 0.5) is 5.69 Å². The number of primary amides is 1. The fourth-order valence-electron chi connectivity index (χ4n) is 3.39. The molecule has 29 heavy (non-hydrogen) atoms. The molecule has 0 radical (unpaired) electrons. The van der Waals surface area contributed by atoms with E-state index in [4.69, 9.17) is 5.73 Å². The Morgan fingerprint density at radius 3 is 2.31 bits per heavy atom. The summed E-state index contributed by atoms with van der Waals surface area (Å²) in [5.41, 5.74) is 11.3. The predicted octanol–water partition coefficient (Wildman–Crippen LogP) is 3.58. The molecule has 1 amide bonds. The first-order chi connectivity index (χ1) is 14.0. The van der Waals surface area contributed by atoms with Crippen molar-refractivity contribution in [3.63, 3.8) is 0 Å². The van der Waals surface area contributed by atoms with Crippen molar-refractivity contribution in [1.29, 1.82) is 0 Å². The summed E-state index contributed by atoms with van der Waals surface area (Å²) in [6.07, 6.45) is 1.85.